The van der Waals surface area contributed by atoms with Gasteiger partial charge in [-0.25, -0.2) is 0 Å². The molecule has 110 valence electrons. The molecule has 0 amide bonds. The maximum absolute atomic E-state index is 12.7. The van der Waals surface area contributed by atoms with Crippen LogP contribution in [0.5, 0.6) is 5.75 Å². The molecule has 0 bridgehead atoms. The first kappa shape index (κ1) is 15.8. The molecule has 0 spiro atoms. The average Bonchev–Trinajstić information content (AvgIpc) is 2.25. The van der Waals surface area contributed by atoms with Gasteiger partial charge in [0.15, 0.2) is 11.5 Å². The van der Waals surface area contributed by atoms with Crippen LogP contribution in [0.25, 0.3) is 0 Å². The van der Waals surface area contributed by atoms with Crippen LogP contribution in [0.15, 0.2) is 12.1 Å². The zero-order valence-corrected chi connectivity index (χ0v) is 9.70. The van der Waals surface area contributed by atoms with Gasteiger partial charge < -0.3 is 4.74 Å². The van der Waals surface area contributed by atoms with Crippen molar-refractivity contribution in [3.05, 3.63) is 33.4 Å². The monoisotopic (exact) mass is 299 g/mol. The Morgan fingerprint density at radius 3 is 2.25 bits per heavy atom. The van der Waals surface area contributed by atoms with Crippen LogP contribution >= 0.6 is 0 Å². The second kappa shape index (κ2) is 5.39. The summed E-state index contributed by atoms with van der Waals surface area (Å²) in [6.45, 7) is -2.96. The highest BCUT2D eigenvalue weighted by atomic mass is 19.4. The van der Waals surface area contributed by atoms with Gasteiger partial charge in [-0.1, -0.05) is 0 Å². The molecule has 0 aromatic heterocycles. The Hall–Kier alpha value is -2.26. The van der Waals surface area contributed by atoms with Gasteiger partial charge in [0.1, 0.15) is 5.56 Å². The van der Waals surface area contributed by atoms with E-state index in [0.29, 0.717) is 13.0 Å². The number of hydrogen-bond donors (Lipinski definition) is 0. The van der Waals surface area contributed by atoms with Gasteiger partial charge in [0.25, 0.3) is 5.69 Å². The van der Waals surface area contributed by atoms with Gasteiger partial charge in [-0.2, -0.15) is 22.0 Å². The standard InChI is InChI=1S/C10H6F5NO4/c1-4(17)7-6(16(18)19)3-2-5(10(13,14)15)8(7)20-9(11)12/h2-3,9H,1H3. The number of nitro groups is 1. The summed E-state index contributed by atoms with van der Waals surface area (Å²) < 4.78 is 66.1. The first-order valence-corrected chi connectivity index (χ1v) is 4.90. The van der Waals surface area contributed by atoms with Gasteiger partial charge in [0, 0.05) is 6.07 Å². The minimum atomic E-state index is -5.11. The quantitative estimate of drug-likeness (QED) is 0.370. The maximum atomic E-state index is 12.7. The van der Waals surface area contributed by atoms with Gasteiger partial charge in [0.2, 0.25) is 0 Å². The molecule has 0 saturated heterocycles. The molecule has 0 saturated carbocycles. The summed E-state index contributed by atoms with van der Waals surface area (Å²) in [7, 11) is 0. The number of carbonyl (C=O) groups excluding carboxylic acids is 1. The molecular weight excluding hydrogens is 293 g/mol. The van der Waals surface area contributed by atoms with E-state index in [0.717, 1.165) is 0 Å². The molecule has 5 nitrogen and oxygen atoms in total. The van der Waals surface area contributed by atoms with E-state index in [9.17, 15) is 36.9 Å². The van der Waals surface area contributed by atoms with E-state index in [1.165, 1.54) is 0 Å². The van der Waals surface area contributed by atoms with E-state index in [-0.39, 0.29) is 6.07 Å². The molecular formula is C10H6F5NO4. The van der Waals surface area contributed by atoms with Gasteiger partial charge >= 0.3 is 12.8 Å². The third-order valence-electron chi connectivity index (χ3n) is 2.20. The minimum Gasteiger partial charge on any atom is -0.433 e. The number of nitro benzene ring substituents is 1. The van der Waals surface area contributed by atoms with Crippen molar-refractivity contribution in [3.8, 4) is 5.75 Å². The number of halogens is 5. The summed E-state index contributed by atoms with van der Waals surface area (Å²) in [5.74, 6) is -2.74. The number of hydrogen-bond acceptors (Lipinski definition) is 4. The maximum Gasteiger partial charge on any atom is 0.420 e. The molecule has 0 radical (unpaired) electrons. The lowest BCUT2D eigenvalue weighted by Gasteiger charge is -2.15. The molecule has 0 aliphatic heterocycles. The molecule has 10 heteroatoms. The number of ether oxygens (including phenoxy) is 1. The van der Waals surface area contributed by atoms with Crippen LogP contribution in [-0.2, 0) is 6.18 Å². The highest BCUT2D eigenvalue weighted by Crippen LogP contribution is 2.42. The van der Waals surface area contributed by atoms with E-state index in [1.54, 1.807) is 0 Å². The molecule has 0 unspecified atom stereocenters. The number of alkyl halides is 5. The van der Waals surface area contributed by atoms with Crippen molar-refractivity contribution in [3.63, 3.8) is 0 Å². The molecule has 0 fully saturated rings. The van der Waals surface area contributed by atoms with Crippen LogP contribution in [0, 0.1) is 10.1 Å². The molecule has 0 aliphatic carbocycles. The highest BCUT2D eigenvalue weighted by Gasteiger charge is 2.39. The Labute approximate surface area is 108 Å². The number of Topliss-reactive ketones (excluding diaryl/α,β-unsaturated/α-hetero) is 1. The number of ketones is 1. The third kappa shape index (κ3) is 3.19. The fraction of sp³-hybridized carbons (Fsp3) is 0.300. The van der Waals surface area contributed by atoms with Crippen molar-refractivity contribution in [2.45, 2.75) is 19.7 Å². The van der Waals surface area contributed by atoms with Crippen LogP contribution < -0.4 is 4.74 Å². The Balaban J connectivity index is 3.70. The largest absolute Gasteiger partial charge is 0.433 e. The molecule has 1 aromatic rings. The Bertz CT molecular complexity index is 555. The Morgan fingerprint density at radius 2 is 1.90 bits per heavy atom. The lowest BCUT2D eigenvalue weighted by molar-refractivity contribution is -0.385. The zero-order chi connectivity index (χ0) is 15.7. The lowest BCUT2D eigenvalue weighted by Crippen LogP contribution is -2.16. The Kier molecular flexibility index (Phi) is 4.26. The van der Waals surface area contributed by atoms with Crippen LogP contribution in [0.4, 0.5) is 27.6 Å². The van der Waals surface area contributed by atoms with E-state index in [1.807, 2.05) is 0 Å². The van der Waals surface area contributed by atoms with Crippen molar-refractivity contribution in [1.82, 2.24) is 0 Å². The van der Waals surface area contributed by atoms with E-state index < -0.39 is 46.1 Å². The number of benzene rings is 1. The van der Waals surface area contributed by atoms with E-state index in [2.05, 4.69) is 4.74 Å². The first-order valence-electron chi connectivity index (χ1n) is 4.90. The Morgan fingerprint density at radius 1 is 1.35 bits per heavy atom. The van der Waals surface area contributed by atoms with E-state index >= 15 is 0 Å². The van der Waals surface area contributed by atoms with Crippen molar-refractivity contribution in [1.29, 1.82) is 0 Å². The second-order valence-electron chi connectivity index (χ2n) is 3.53. The smallest absolute Gasteiger partial charge is 0.420 e. The molecule has 20 heavy (non-hydrogen) atoms. The average molecular weight is 299 g/mol. The van der Waals surface area contributed by atoms with Crippen molar-refractivity contribution >= 4 is 11.5 Å². The number of carbonyl (C=O) groups is 1. The van der Waals surface area contributed by atoms with E-state index in [4.69, 9.17) is 0 Å². The van der Waals surface area contributed by atoms with Crippen LogP contribution in [0.1, 0.15) is 22.8 Å². The summed E-state index contributed by atoms with van der Waals surface area (Å²) in [6, 6.07) is 0.625. The van der Waals surface area contributed by atoms with Crippen molar-refractivity contribution < 1.29 is 36.4 Å². The first-order chi connectivity index (χ1) is 9.05. The van der Waals surface area contributed by atoms with Gasteiger partial charge in [-0.3, -0.25) is 14.9 Å². The molecule has 0 aliphatic rings. The fourth-order valence-corrected chi connectivity index (χ4v) is 1.50. The van der Waals surface area contributed by atoms with Gasteiger partial charge in [-0.15, -0.1) is 0 Å². The molecule has 0 N–H and O–H groups in total. The highest BCUT2D eigenvalue weighted by molar-refractivity contribution is 6.01. The zero-order valence-electron chi connectivity index (χ0n) is 9.70. The fourth-order valence-electron chi connectivity index (χ4n) is 1.50. The lowest BCUT2D eigenvalue weighted by atomic mass is 10.0. The van der Waals surface area contributed by atoms with Crippen LogP contribution in [-0.4, -0.2) is 17.3 Å². The summed E-state index contributed by atoms with van der Waals surface area (Å²) in [5, 5.41) is 10.7. The third-order valence-corrected chi connectivity index (χ3v) is 2.20. The van der Waals surface area contributed by atoms with Gasteiger partial charge in [-0.05, 0) is 13.0 Å². The molecule has 0 atom stereocenters. The molecule has 1 rings (SSSR count). The van der Waals surface area contributed by atoms with Crippen LogP contribution in [0.2, 0.25) is 0 Å². The normalized spacial score (nSPS) is 11.6. The summed E-state index contributed by atoms with van der Waals surface area (Å²) >= 11 is 0. The number of nitrogens with zero attached hydrogens (tertiary/aromatic N) is 1. The SMILES string of the molecule is CC(=O)c1c([N+](=O)[O-])ccc(C(F)(F)F)c1OC(F)F. The van der Waals surface area contributed by atoms with Crippen molar-refractivity contribution in [2.75, 3.05) is 0 Å². The second-order valence-corrected chi connectivity index (χ2v) is 3.53. The topological polar surface area (TPSA) is 69.4 Å². The minimum absolute atomic E-state index is 0.211. The summed E-state index contributed by atoms with van der Waals surface area (Å²) in [6.07, 6.45) is -5.11. The predicted octanol–water partition coefficient (Wildman–Crippen LogP) is 3.42. The predicted molar refractivity (Wildman–Crippen MR) is 54.7 cm³/mol. The van der Waals surface area contributed by atoms with Gasteiger partial charge in [0.05, 0.1) is 10.5 Å². The number of rotatable bonds is 4. The molecule has 0 heterocycles. The summed E-state index contributed by atoms with van der Waals surface area (Å²) in [4.78, 5) is 20.8. The van der Waals surface area contributed by atoms with Crippen molar-refractivity contribution in [2.24, 2.45) is 0 Å². The van der Waals surface area contributed by atoms with Crippen LogP contribution in [0.3, 0.4) is 0 Å². The molecule has 1 aromatic carbocycles. The summed E-state index contributed by atoms with van der Waals surface area (Å²) in [5.41, 5.74) is -3.88.